The number of carboxylic acids is 1. The first kappa shape index (κ1) is 13.1. The quantitative estimate of drug-likeness (QED) is 0.796. The van der Waals surface area contributed by atoms with Crippen LogP contribution in [-0.4, -0.2) is 20.6 Å². The molecule has 0 fully saturated rings. The zero-order valence-corrected chi connectivity index (χ0v) is 11.3. The first-order valence-corrected chi connectivity index (χ1v) is 6.64. The number of benzene rings is 2. The molecule has 3 aromatic rings. The largest absolute Gasteiger partial charge is 0.477 e. The first-order valence-electron chi connectivity index (χ1n) is 6.64. The zero-order chi connectivity index (χ0) is 14.7. The van der Waals surface area contributed by atoms with Gasteiger partial charge in [-0.15, -0.1) is 0 Å². The van der Waals surface area contributed by atoms with Gasteiger partial charge in [-0.1, -0.05) is 60.7 Å². The maximum atomic E-state index is 11.4. The lowest BCUT2D eigenvalue weighted by Gasteiger charge is -2.10. The van der Waals surface area contributed by atoms with Crippen molar-refractivity contribution in [3.8, 4) is 11.4 Å². The molecule has 1 N–H and O–H groups in total. The van der Waals surface area contributed by atoms with Crippen molar-refractivity contribution in [3.63, 3.8) is 0 Å². The Morgan fingerprint density at radius 2 is 1.62 bits per heavy atom. The molecule has 0 bridgehead atoms. The third-order valence-corrected chi connectivity index (χ3v) is 3.29. The number of rotatable bonds is 4. The van der Waals surface area contributed by atoms with E-state index < -0.39 is 5.97 Å². The standard InChI is InChI=1S/C17H14N2O2/c20-17(21)15-11-18-16(14-9-5-2-6-10-14)19(15)12-13-7-3-1-4-8-13/h1-11H,12H2,(H,20,21). The van der Waals surface area contributed by atoms with Crippen LogP contribution in [0.25, 0.3) is 11.4 Å². The Kier molecular flexibility index (Phi) is 3.51. The van der Waals surface area contributed by atoms with Crippen molar-refractivity contribution in [2.24, 2.45) is 0 Å². The highest BCUT2D eigenvalue weighted by molar-refractivity contribution is 5.86. The molecule has 1 aromatic heterocycles. The van der Waals surface area contributed by atoms with Crippen molar-refractivity contribution in [2.45, 2.75) is 6.54 Å². The van der Waals surface area contributed by atoms with E-state index in [1.807, 2.05) is 60.7 Å². The van der Waals surface area contributed by atoms with Crippen LogP contribution in [0.5, 0.6) is 0 Å². The summed E-state index contributed by atoms with van der Waals surface area (Å²) in [7, 11) is 0. The minimum atomic E-state index is -0.972. The molecule has 21 heavy (non-hydrogen) atoms. The molecule has 104 valence electrons. The minimum Gasteiger partial charge on any atom is -0.477 e. The SMILES string of the molecule is O=C(O)c1cnc(-c2ccccc2)n1Cc1ccccc1. The first-order chi connectivity index (χ1) is 10.3. The van der Waals surface area contributed by atoms with Crippen LogP contribution in [0.1, 0.15) is 16.1 Å². The van der Waals surface area contributed by atoms with Crippen molar-refractivity contribution in [1.82, 2.24) is 9.55 Å². The molecule has 0 radical (unpaired) electrons. The molecule has 4 nitrogen and oxygen atoms in total. The molecular formula is C17H14N2O2. The van der Waals surface area contributed by atoms with Crippen LogP contribution in [0, 0.1) is 0 Å². The third-order valence-electron chi connectivity index (χ3n) is 3.29. The second-order valence-corrected chi connectivity index (χ2v) is 4.71. The van der Waals surface area contributed by atoms with E-state index in [0.29, 0.717) is 12.4 Å². The monoisotopic (exact) mass is 278 g/mol. The van der Waals surface area contributed by atoms with Crippen molar-refractivity contribution < 1.29 is 9.90 Å². The number of carboxylic acid groups (broad SMARTS) is 1. The maximum Gasteiger partial charge on any atom is 0.354 e. The Bertz CT molecular complexity index is 749. The van der Waals surface area contributed by atoms with Crippen molar-refractivity contribution in [1.29, 1.82) is 0 Å². The molecule has 0 amide bonds. The number of imidazole rings is 1. The van der Waals surface area contributed by atoms with Gasteiger partial charge in [0.15, 0.2) is 0 Å². The summed E-state index contributed by atoms with van der Waals surface area (Å²) >= 11 is 0. The van der Waals surface area contributed by atoms with E-state index in [-0.39, 0.29) is 5.69 Å². The van der Waals surface area contributed by atoms with E-state index in [2.05, 4.69) is 4.98 Å². The number of hydrogen-bond donors (Lipinski definition) is 1. The molecule has 3 rings (SSSR count). The highest BCUT2D eigenvalue weighted by Crippen LogP contribution is 2.21. The molecule has 0 saturated carbocycles. The van der Waals surface area contributed by atoms with Gasteiger partial charge in [-0.3, -0.25) is 0 Å². The summed E-state index contributed by atoms with van der Waals surface area (Å²) in [5.74, 6) is -0.308. The van der Waals surface area contributed by atoms with Crippen LogP contribution in [0.2, 0.25) is 0 Å². The van der Waals surface area contributed by atoms with Crippen LogP contribution < -0.4 is 0 Å². The van der Waals surface area contributed by atoms with Crippen molar-refractivity contribution >= 4 is 5.97 Å². The van der Waals surface area contributed by atoms with Crippen LogP contribution in [0.15, 0.2) is 66.9 Å². The van der Waals surface area contributed by atoms with E-state index in [1.54, 1.807) is 4.57 Å². The molecule has 0 saturated heterocycles. The summed E-state index contributed by atoms with van der Waals surface area (Å²) < 4.78 is 1.73. The summed E-state index contributed by atoms with van der Waals surface area (Å²) in [4.78, 5) is 15.7. The Morgan fingerprint density at radius 1 is 1.00 bits per heavy atom. The van der Waals surface area contributed by atoms with Crippen LogP contribution >= 0.6 is 0 Å². The fourth-order valence-corrected chi connectivity index (χ4v) is 2.29. The van der Waals surface area contributed by atoms with E-state index >= 15 is 0 Å². The average molecular weight is 278 g/mol. The molecule has 0 spiro atoms. The number of aromatic carboxylic acids is 1. The summed E-state index contributed by atoms with van der Waals surface area (Å²) in [5, 5.41) is 9.34. The fourth-order valence-electron chi connectivity index (χ4n) is 2.29. The lowest BCUT2D eigenvalue weighted by molar-refractivity contribution is 0.0686. The van der Waals surface area contributed by atoms with Gasteiger partial charge in [0.2, 0.25) is 0 Å². The predicted molar refractivity (Wildman–Crippen MR) is 80.2 cm³/mol. The predicted octanol–water partition coefficient (Wildman–Crippen LogP) is 3.30. The van der Waals surface area contributed by atoms with Crippen molar-refractivity contribution in [3.05, 3.63) is 78.1 Å². The van der Waals surface area contributed by atoms with E-state index in [1.165, 1.54) is 6.20 Å². The van der Waals surface area contributed by atoms with Gasteiger partial charge in [-0.25, -0.2) is 9.78 Å². The molecule has 2 aromatic carbocycles. The number of nitrogens with zero attached hydrogens (tertiary/aromatic N) is 2. The highest BCUT2D eigenvalue weighted by atomic mass is 16.4. The van der Waals surface area contributed by atoms with Gasteiger partial charge in [-0.2, -0.15) is 0 Å². The summed E-state index contributed by atoms with van der Waals surface area (Å²) in [5.41, 5.74) is 2.13. The summed E-state index contributed by atoms with van der Waals surface area (Å²) in [6.07, 6.45) is 1.41. The van der Waals surface area contributed by atoms with Gasteiger partial charge < -0.3 is 9.67 Å². The van der Waals surface area contributed by atoms with Gasteiger partial charge in [0.1, 0.15) is 11.5 Å². The lowest BCUT2D eigenvalue weighted by Crippen LogP contribution is -2.10. The van der Waals surface area contributed by atoms with E-state index in [4.69, 9.17) is 0 Å². The molecule has 0 unspecified atom stereocenters. The van der Waals surface area contributed by atoms with Crippen LogP contribution in [0.4, 0.5) is 0 Å². The molecule has 0 aliphatic carbocycles. The normalized spacial score (nSPS) is 10.5. The van der Waals surface area contributed by atoms with Gasteiger partial charge >= 0.3 is 5.97 Å². The van der Waals surface area contributed by atoms with Gasteiger partial charge in [-0.05, 0) is 5.56 Å². The second kappa shape index (κ2) is 5.63. The average Bonchev–Trinajstić information content (AvgIpc) is 2.93. The second-order valence-electron chi connectivity index (χ2n) is 4.71. The smallest absolute Gasteiger partial charge is 0.354 e. The minimum absolute atomic E-state index is 0.192. The van der Waals surface area contributed by atoms with E-state index in [9.17, 15) is 9.90 Å². The molecule has 4 heteroatoms. The van der Waals surface area contributed by atoms with Gasteiger partial charge in [0, 0.05) is 12.1 Å². The molecular weight excluding hydrogens is 264 g/mol. The summed E-state index contributed by atoms with van der Waals surface area (Å²) in [6, 6.07) is 19.4. The maximum absolute atomic E-state index is 11.4. The third kappa shape index (κ3) is 2.69. The number of carbonyl (C=O) groups is 1. The Labute approximate surface area is 122 Å². The van der Waals surface area contributed by atoms with Crippen LogP contribution in [0.3, 0.4) is 0 Å². The Balaban J connectivity index is 2.08. The lowest BCUT2D eigenvalue weighted by atomic mass is 10.2. The fraction of sp³-hybridized carbons (Fsp3) is 0.0588. The van der Waals surface area contributed by atoms with Crippen molar-refractivity contribution in [2.75, 3.05) is 0 Å². The van der Waals surface area contributed by atoms with Gasteiger partial charge in [0.05, 0.1) is 6.20 Å². The van der Waals surface area contributed by atoms with Gasteiger partial charge in [0.25, 0.3) is 0 Å². The van der Waals surface area contributed by atoms with Crippen LogP contribution in [-0.2, 0) is 6.54 Å². The molecule has 0 aliphatic heterocycles. The number of aromatic nitrogens is 2. The highest BCUT2D eigenvalue weighted by Gasteiger charge is 2.16. The summed E-state index contributed by atoms with van der Waals surface area (Å²) in [6.45, 7) is 0.479. The molecule has 0 atom stereocenters. The molecule has 1 heterocycles. The number of hydrogen-bond acceptors (Lipinski definition) is 2. The topological polar surface area (TPSA) is 55.1 Å². The Morgan fingerprint density at radius 3 is 2.24 bits per heavy atom. The zero-order valence-electron chi connectivity index (χ0n) is 11.3. The molecule has 0 aliphatic rings. The van der Waals surface area contributed by atoms with E-state index in [0.717, 1.165) is 11.1 Å². The Hall–Kier alpha value is -2.88.